The first-order valence-corrected chi connectivity index (χ1v) is 11.2. The van der Waals surface area contributed by atoms with E-state index in [1.165, 1.54) is 6.21 Å². The highest BCUT2D eigenvalue weighted by atomic mass is 16.5. The number of hydrogen-bond acceptors (Lipinski definition) is 7. The van der Waals surface area contributed by atoms with E-state index < -0.39 is 11.9 Å². The number of carbonyl (C=O) groups is 2. The summed E-state index contributed by atoms with van der Waals surface area (Å²) in [7, 11) is 1.55. The summed E-state index contributed by atoms with van der Waals surface area (Å²) in [6, 6.07) is 20.5. The largest absolute Gasteiger partial charge is 0.497 e. The molecule has 0 radical (unpaired) electrons. The lowest BCUT2D eigenvalue weighted by Crippen LogP contribution is -2.24. The van der Waals surface area contributed by atoms with Gasteiger partial charge in [0.1, 0.15) is 23.0 Å². The first-order valence-electron chi connectivity index (χ1n) is 11.2. The number of rotatable bonds is 12. The van der Waals surface area contributed by atoms with Crippen LogP contribution < -0.4 is 24.4 Å². The van der Waals surface area contributed by atoms with Crippen LogP contribution in [0.15, 0.2) is 77.9 Å². The van der Waals surface area contributed by atoms with Gasteiger partial charge in [-0.15, -0.1) is 0 Å². The number of hydrogen-bond donors (Lipinski definition) is 1. The lowest BCUT2D eigenvalue weighted by molar-refractivity contribution is -0.123. The molecule has 3 aromatic rings. The Bertz CT molecular complexity index is 1130. The molecule has 1 amide bonds. The fourth-order valence-corrected chi connectivity index (χ4v) is 2.88. The molecule has 35 heavy (non-hydrogen) atoms. The van der Waals surface area contributed by atoms with Gasteiger partial charge >= 0.3 is 5.97 Å². The molecule has 3 aromatic carbocycles. The van der Waals surface area contributed by atoms with Gasteiger partial charge in [-0.25, -0.2) is 10.2 Å². The summed E-state index contributed by atoms with van der Waals surface area (Å²) in [4.78, 5) is 24.3. The molecule has 0 unspecified atom stereocenters. The number of esters is 1. The molecule has 0 aliphatic heterocycles. The van der Waals surface area contributed by atoms with Crippen LogP contribution in [0.3, 0.4) is 0 Å². The molecule has 8 nitrogen and oxygen atoms in total. The number of ether oxygens (including phenoxy) is 4. The monoisotopic (exact) mass is 476 g/mol. The maximum absolute atomic E-state index is 12.3. The number of nitrogens with zero attached hydrogens (tertiary/aromatic N) is 1. The Morgan fingerprint density at radius 3 is 2.26 bits per heavy atom. The van der Waals surface area contributed by atoms with E-state index in [0.717, 1.165) is 18.6 Å². The van der Waals surface area contributed by atoms with Crippen molar-refractivity contribution < 1.29 is 28.5 Å². The maximum Gasteiger partial charge on any atom is 0.343 e. The van der Waals surface area contributed by atoms with Crippen molar-refractivity contribution >= 4 is 18.1 Å². The van der Waals surface area contributed by atoms with Crippen molar-refractivity contribution in [3.63, 3.8) is 0 Å². The second-order valence-electron chi connectivity index (χ2n) is 7.45. The molecular weight excluding hydrogens is 448 g/mol. The van der Waals surface area contributed by atoms with Gasteiger partial charge in [-0.2, -0.15) is 5.10 Å². The molecule has 0 aliphatic carbocycles. The Labute approximate surface area is 204 Å². The third kappa shape index (κ3) is 8.51. The number of benzene rings is 3. The van der Waals surface area contributed by atoms with Crippen LogP contribution in [0.5, 0.6) is 23.0 Å². The highest BCUT2D eigenvalue weighted by molar-refractivity contribution is 5.91. The minimum atomic E-state index is -0.493. The van der Waals surface area contributed by atoms with E-state index in [9.17, 15) is 9.59 Å². The first kappa shape index (κ1) is 25.3. The Morgan fingerprint density at radius 1 is 0.886 bits per heavy atom. The van der Waals surface area contributed by atoms with Crippen molar-refractivity contribution in [3.05, 3.63) is 83.9 Å². The second-order valence-corrected chi connectivity index (χ2v) is 7.45. The summed E-state index contributed by atoms with van der Waals surface area (Å²) in [5.74, 6) is 1.42. The van der Waals surface area contributed by atoms with Crippen molar-refractivity contribution in [1.29, 1.82) is 0 Å². The van der Waals surface area contributed by atoms with Crippen molar-refractivity contribution in [1.82, 2.24) is 5.43 Å². The fourth-order valence-electron chi connectivity index (χ4n) is 2.88. The summed E-state index contributed by atoms with van der Waals surface area (Å²) in [5, 5.41) is 3.93. The van der Waals surface area contributed by atoms with Crippen LogP contribution >= 0.6 is 0 Å². The molecule has 0 spiro atoms. The first-order chi connectivity index (χ1) is 17.1. The van der Waals surface area contributed by atoms with Gasteiger partial charge in [0.2, 0.25) is 0 Å². The van der Waals surface area contributed by atoms with Crippen molar-refractivity contribution in [2.24, 2.45) is 5.10 Å². The number of amides is 1. The van der Waals surface area contributed by atoms with Gasteiger partial charge in [0.25, 0.3) is 5.91 Å². The van der Waals surface area contributed by atoms with Crippen LogP contribution in [0.4, 0.5) is 0 Å². The summed E-state index contributed by atoms with van der Waals surface area (Å²) >= 11 is 0. The van der Waals surface area contributed by atoms with E-state index in [4.69, 9.17) is 18.9 Å². The molecule has 0 atom stereocenters. The van der Waals surface area contributed by atoms with Gasteiger partial charge < -0.3 is 18.9 Å². The Balaban J connectivity index is 1.44. The van der Waals surface area contributed by atoms with E-state index in [1.807, 2.05) is 0 Å². The molecule has 8 heteroatoms. The summed E-state index contributed by atoms with van der Waals surface area (Å²) in [6.07, 6.45) is 3.52. The Kier molecular flexibility index (Phi) is 9.68. The highest BCUT2D eigenvalue weighted by Gasteiger charge is 2.09. The Hall–Kier alpha value is -4.33. The van der Waals surface area contributed by atoms with Crippen LogP contribution in [-0.4, -0.2) is 38.4 Å². The number of nitrogens with one attached hydrogen (secondary N) is 1. The van der Waals surface area contributed by atoms with Crippen molar-refractivity contribution in [2.45, 2.75) is 19.8 Å². The van der Waals surface area contributed by atoms with Gasteiger partial charge in [-0.05, 0) is 72.6 Å². The van der Waals surface area contributed by atoms with Crippen LogP contribution in [0.2, 0.25) is 0 Å². The second kappa shape index (κ2) is 13.4. The Morgan fingerprint density at radius 2 is 1.57 bits per heavy atom. The average molecular weight is 477 g/mol. The quantitative estimate of drug-likeness (QED) is 0.135. The zero-order chi connectivity index (χ0) is 24.9. The summed E-state index contributed by atoms with van der Waals surface area (Å²) in [5.41, 5.74) is 3.45. The minimum absolute atomic E-state index is 0.188. The van der Waals surface area contributed by atoms with E-state index in [2.05, 4.69) is 17.5 Å². The standard InChI is InChI=1S/C27H28N2O6/c1-3-4-16-33-23-12-14-24(15-13-23)34-19-26(30)29-28-18-20-6-5-7-25(17-20)35-27(31)21-8-10-22(32-2)11-9-21/h5-15,17-18H,3-4,16,19H2,1-2H3,(H,29,30). The third-order valence-corrected chi connectivity index (χ3v) is 4.76. The number of hydrazone groups is 1. The van der Waals surface area contributed by atoms with Gasteiger partial charge in [-0.3, -0.25) is 4.79 Å². The summed E-state index contributed by atoms with van der Waals surface area (Å²) in [6.45, 7) is 2.59. The molecule has 0 fully saturated rings. The maximum atomic E-state index is 12.3. The average Bonchev–Trinajstić information content (AvgIpc) is 2.88. The smallest absolute Gasteiger partial charge is 0.343 e. The molecular formula is C27H28N2O6. The van der Waals surface area contributed by atoms with Gasteiger partial charge in [0.05, 0.1) is 25.5 Å². The molecule has 0 heterocycles. The molecule has 3 rings (SSSR count). The normalized spacial score (nSPS) is 10.6. The summed E-state index contributed by atoms with van der Waals surface area (Å²) < 4.78 is 21.6. The zero-order valence-corrected chi connectivity index (χ0v) is 19.7. The third-order valence-electron chi connectivity index (χ3n) is 4.76. The molecule has 0 aromatic heterocycles. The van der Waals surface area contributed by atoms with E-state index in [-0.39, 0.29) is 6.61 Å². The fraction of sp³-hybridized carbons (Fsp3) is 0.222. The minimum Gasteiger partial charge on any atom is -0.497 e. The van der Waals surface area contributed by atoms with Crippen LogP contribution in [0, 0.1) is 0 Å². The molecule has 1 N–H and O–H groups in total. The van der Waals surface area contributed by atoms with Crippen LogP contribution in [-0.2, 0) is 4.79 Å². The number of unbranched alkanes of at least 4 members (excludes halogenated alkanes) is 1. The van der Waals surface area contributed by atoms with Crippen molar-refractivity contribution in [3.8, 4) is 23.0 Å². The van der Waals surface area contributed by atoms with E-state index in [1.54, 1.807) is 79.9 Å². The molecule has 182 valence electrons. The van der Waals surface area contributed by atoms with Crippen LogP contribution in [0.25, 0.3) is 0 Å². The van der Waals surface area contributed by atoms with E-state index >= 15 is 0 Å². The SMILES string of the molecule is CCCCOc1ccc(OCC(=O)NN=Cc2cccc(OC(=O)c3ccc(OC)cc3)c2)cc1. The molecule has 0 saturated heterocycles. The number of methoxy groups -OCH3 is 1. The van der Waals surface area contributed by atoms with Gasteiger partial charge in [-0.1, -0.05) is 25.5 Å². The topological polar surface area (TPSA) is 95.5 Å². The molecule has 0 aliphatic rings. The molecule has 0 bridgehead atoms. The lowest BCUT2D eigenvalue weighted by atomic mass is 10.2. The van der Waals surface area contributed by atoms with Gasteiger partial charge in [0.15, 0.2) is 6.61 Å². The zero-order valence-electron chi connectivity index (χ0n) is 19.7. The van der Waals surface area contributed by atoms with Crippen molar-refractivity contribution in [2.75, 3.05) is 20.3 Å². The number of carbonyl (C=O) groups excluding carboxylic acids is 2. The van der Waals surface area contributed by atoms with Crippen LogP contribution in [0.1, 0.15) is 35.7 Å². The predicted octanol–water partition coefficient (Wildman–Crippen LogP) is 4.62. The van der Waals surface area contributed by atoms with Gasteiger partial charge in [0, 0.05) is 0 Å². The molecule has 0 saturated carbocycles. The lowest BCUT2D eigenvalue weighted by Gasteiger charge is -2.08. The highest BCUT2D eigenvalue weighted by Crippen LogP contribution is 2.18. The predicted molar refractivity (Wildman–Crippen MR) is 132 cm³/mol. The van der Waals surface area contributed by atoms with E-state index in [0.29, 0.717) is 35.0 Å².